The minimum atomic E-state index is -0.0316. The second-order valence-electron chi connectivity index (χ2n) is 10.2. The average Bonchev–Trinajstić information content (AvgIpc) is 3.09. The zero-order chi connectivity index (χ0) is 23.3. The van der Waals surface area contributed by atoms with Gasteiger partial charge in [-0.05, 0) is 41.9 Å². The lowest BCUT2D eigenvalue weighted by Crippen LogP contribution is -2.45. The number of nitrogens with zero attached hydrogens (tertiary/aromatic N) is 2. The molecule has 0 unspecified atom stereocenters. The standard InChI is InChI=1S/C29H35N3O/c1-29(2,3)26-12-10-23(11-13-26)24-18-25(20-30-19-24)28(33)31-27-14-16-32(17-15-27)21-22-8-6-4-5-7-9-22/h4-8,10-13,18-20,27H,9,14-17,21H2,1-3H3,(H,31,33). The van der Waals surface area contributed by atoms with E-state index in [0.717, 1.165) is 50.0 Å². The van der Waals surface area contributed by atoms with Gasteiger partial charge in [0.25, 0.3) is 5.91 Å². The van der Waals surface area contributed by atoms with Gasteiger partial charge < -0.3 is 5.32 Å². The molecule has 0 spiro atoms. The highest BCUT2D eigenvalue weighted by Crippen LogP contribution is 2.26. The molecule has 1 aromatic heterocycles. The molecule has 0 radical (unpaired) electrons. The summed E-state index contributed by atoms with van der Waals surface area (Å²) in [6.07, 6.45) is 17.2. The Morgan fingerprint density at radius 1 is 1.03 bits per heavy atom. The molecule has 2 heterocycles. The summed E-state index contributed by atoms with van der Waals surface area (Å²) in [7, 11) is 0. The van der Waals surface area contributed by atoms with Crippen molar-refractivity contribution in [3.8, 4) is 11.1 Å². The number of hydrogen-bond acceptors (Lipinski definition) is 3. The van der Waals surface area contributed by atoms with Gasteiger partial charge in [0.1, 0.15) is 0 Å². The second-order valence-corrected chi connectivity index (χ2v) is 10.2. The molecule has 0 saturated carbocycles. The number of pyridine rings is 1. The van der Waals surface area contributed by atoms with Crippen molar-refractivity contribution in [2.45, 2.75) is 51.5 Å². The van der Waals surface area contributed by atoms with E-state index in [1.165, 1.54) is 11.1 Å². The van der Waals surface area contributed by atoms with Crippen LogP contribution in [-0.4, -0.2) is 41.5 Å². The molecule has 1 aliphatic carbocycles. The van der Waals surface area contributed by atoms with E-state index in [4.69, 9.17) is 0 Å². The SMILES string of the molecule is CC(C)(C)c1ccc(-c2cncc(C(=O)NC3CCN(CC4=CC=CC=CC4)CC3)c2)cc1. The fourth-order valence-electron chi connectivity index (χ4n) is 4.42. The van der Waals surface area contributed by atoms with Crippen LogP contribution in [0.5, 0.6) is 0 Å². The summed E-state index contributed by atoms with van der Waals surface area (Å²) in [6, 6.07) is 10.7. The minimum absolute atomic E-state index is 0.0316. The number of piperidine rings is 1. The van der Waals surface area contributed by atoms with Crippen LogP contribution in [0.25, 0.3) is 11.1 Å². The number of benzene rings is 1. The number of rotatable bonds is 5. The maximum Gasteiger partial charge on any atom is 0.253 e. The molecule has 1 fully saturated rings. The van der Waals surface area contributed by atoms with Crippen molar-refractivity contribution in [3.05, 3.63) is 89.8 Å². The predicted molar refractivity (Wildman–Crippen MR) is 136 cm³/mol. The number of carbonyl (C=O) groups is 1. The monoisotopic (exact) mass is 441 g/mol. The van der Waals surface area contributed by atoms with E-state index < -0.39 is 0 Å². The van der Waals surface area contributed by atoms with Crippen LogP contribution in [0.2, 0.25) is 0 Å². The summed E-state index contributed by atoms with van der Waals surface area (Å²) in [5.74, 6) is -0.0316. The van der Waals surface area contributed by atoms with Gasteiger partial charge in [0.2, 0.25) is 0 Å². The summed E-state index contributed by atoms with van der Waals surface area (Å²) in [4.78, 5) is 19.8. The maximum atomic E-state index is 12.9. The van der Waals surface area contributed by atoms with Crippen LogP contribution in [0.1, 0.15) is 56.0 Å². The molecule has 4 nitrogen and oxygen atoms in total. The molecular weight excluding hydrogens is 406 g/mol. The van der Waals surface area contributed by atoms with Gasteiger partial charge in [-0.25, -0.2) is 0 Å². The summed E-state index contributed by atoms with van der Waals surface area (Å²) in [5.41, 5.74) is 5.53. The van der Waals surface area contributed by atoms with Crippen molar-refractivity contribution >= 4 is 5.91 Å². The molecule has 33 heavy (non-hydrogen) atoms. The van der Waals surface area contributed by atoms with Crippen molar-refractivity contribution in [3.63, 3.8) is 0 Å². The zero-order valence-electron chi connectivity index (χ0n) is 20.1. The van der Waals surface area contributed by atoms with Gasteiger partial charge in [-0.2, -0.15) is 0 Å². The summed E-state index contributed by atoms with van der Waals surface area (Å²) in [6.45, 7) is 9.66. The number of carbonyl (C=O) groups excluding carboxylic acids is 1. The largest absolute Gasteiger partial charge is 0.349 e. The Morgan fingerprint density at radius 2 is 1.79 bits per heavy atom. The van der Waals surface area contributed by atoms with Gasteiger partial charge in [0.15, 0.2) is 0 Å². The number of amides is 1. The summed E-state index contributed by atoms with van der Waals surface area (Å²) >= 11 is 0. The van der Waals surface area contributed by atoms with E-state index >= 15 is 0 Å². The van der Waals surface area contributed by atoms with Crippen molar-refractivity contribution < 1.29 is 4.79 Å². The lowest BCUT2D eigenvalue weighted by Gasteiger charge is -2.32. The van der Waals surface area contributed by atoms with Crippen LogP contribution in [0.4, 0.5) is 0 Å². The topological polar surface area (TPSA) is 45.2 Å². The Balaban J connectivity index is 1.32. The van der Waals surface area contributed by atoms with Gasteiger partial charge in [-0.3, -0.25) is 14.7 Å². The molecule has 2 aliphatic rings. The van der Waals surface area contributed by atoms with Crippen molar-refractivity contribution in [1.29, 1.82) is 0 Å². The van der Waals surface area contributed by atoms with Crippen LogP contribution < -0.4 is 5.32 Å². The number of hydrogen-bond donors (Lipinski definition) is 1. The molecule has 1 N–H and O–H groups in total. The molecule has 4 heteroatoms. The molecule has 1 aliphatic heterocycles. The third kappa shape index (κ3) is 6.29. The molecule has 2 aromatic rings. The van der Waals surface area contributed by atoms with Crippen LogP contribution in [0, 0.1) is 0 Å². The third-order valence-corrected chi connectivity index (χ3v) is 6.50. The molecule has 4 rings (SSSR count). The van der Waals surface area contributed by atoms with Gasteiger partial charge in [0.05, 0.1) is 5.56 Å². The van der Waals surface area contributed by atoms with Crippen LogP contribution in [0.15, 0.2) is 78.7 Å². The molecule has 1 amide bonds. The number of likely N-dealkylation sites (tertiary alicyclic amines) is 1. The molecule has 0 atom stereocenters. The summed E-state index contributed by atoms with van der Waals surface area (Å²) in [5, 5.41) is 3.23. The van der Waals surface area contributed by atoms with Gasteiger partial charge in [-0.15, -0.1) is 0 Å². The van der Waals surface area contributed by atoms with E-state index in [9.17, 15) is 4.79 Å². The maximum absolute atomic E-state index is 12.9. The van der Waals surface area contributed by atoms with Gasteiger partial charge in [-0.1, -0.05) is 81.0 Å². The van der Waals surface area contributed by atoms with E-state index in [1.54, 1.807) is 6.20 Å². The second kappa shape index (κ2) is 10.3. The molecule has 0 bridgehead atoms. The highest BCUT2D eigenvalue weighted by Gasteiger charge is 2.22. The van der Waals surface area contributed by atoms with Crippen LogP contribution >= 0.6 is 0 Å². The Morgan fingerprint density at radius 3 is 2.52 bits per heavy atom. The fourth-order valence-corrected chi connectivity index (χ4v) is 4.42. The predicted octanol–water partition coefficient (Wildman–Crippen LogP) is 5.68. The van der Waals surface area contributed by atoms with E-state index in [-0.39, 0.29) is 17.4 Å². The molecule has 1 saturated heterocycles. The molecule has 172 valence electrons. The van der Waals surface area contributed by atoms with E-state index in [2.05, 4.69) is 90.6 Å². The first-order chi connectivity index (χ1) is 15.9. The Labute approximate surface area is 198 Å². The van der Waals surface area contributed by atoms with Crippen molar-refractivity contribution in [2.24, 2.45) is 0 Å². The van der Waals surface area contributed by atoms with Crippen LogP contribution in [-0.2, 0) is 5.41 Å². The zero-order valence-corrected chi connectivity index (χ0v) is 20.1. The quantitative estimate of drug-likeness (QED) is 0.649. The highest BCUT2D eigenvalue weighted by atomic mass is 16.1. The van der Waals surface area contributed by atoms with E-state index in [1.807, 2.05) is 12.3 Å². The van der Waals surface area contributed by atoms with E-state index in [0.29, 0.717) is 5.56 Å². The lowest BCUT2D eigenvalue weighted by molar-refractivity contribution is 0.0913. The first-order valence-corrected chi connectivity index (χ1v) is 12.0. The van der Waals surface area contributed by atoms with Gasteiger partial charge >= 0.3 is 0 Å². The lowest BCUT2D eigenvalue weighted by atomic mass is 9.86. The van der Waals surface area contributed by atoms with Crippen molar-refractivity contribution in [2.75, 3.05) is 19.6 Å². The Kier molecular flexibility index (Phi) is 7.24. The number of nitrogens with one attached hydrogen (secondary N) is 1. The number of aromatic nitrogens is 1. The average molecular weight is 442 g/mol. The third-order valence-electron chi connectivity index (χ3n) is 6.50. The first kappa shape index (κ1) is 23.2. The minimum Gasteiger partial charge on any atom is -0.349 e. The smallest absolute Gasteiger partial charge is 0.253 e. The normalized spacial score (nSPS) is 17.5. The molecular formula is C29H35N3O. The molecule has 1 aromatic carbocycles. The summed E-state index contributed by atoms with van der Waals surface area (Å²) < 4.78 is 0. The van der Waals surface area contributed by atoms with Crippen molar-refractivity contribution in [1.82, 2.24) is 15.2 Å². The Hall–Kier alpha value is -2.98. The Bertz CT molecular complexity index is 1050. The fraction of sp³-hybridized carbons (Fsp3) is 0.379. The first-order valence-electron chi connectivity index (χ1n) is 12.0. The van der Waals surface area contributed by atoms with Gasteiger partial charge in [0, 0.05) is 43.6 Å². The van der Waals surface area contributed by atoms with Crippen LogP contribution in [0.3, 0.4) is 0 Å². The number of allylic oxidation sites excluding steroid dienone is 5. The highest BCUT2D eigenvalue weighted by molar-refractivity contribution is 5.95.